The topological polar surface area (TPSA) is 78.8 Å². The molecule has 1 aromatic heterocycles. The molecule has 0 aliphatic carbocycles. The molecular formula is C14H21N5O. The Kier molecular flexibility index (Phi) is 3.92. The lowest BCUT2D eigenvalue weighted by Crippen LogP contribution is -2.17. The fourth-order valence-corrected chi connectivity index (χ4v) is 1.99. The first-order valence-electron chi connectivity index (χ1n) is 6.70. The number of tetrazole rings is 1. The quantitative estimate of drug-likeness (QED) is 0.867. The largest absolute Gasteiger partial charge is 0.491 e. The molecule has 0 atom stereocenters. The average molecular weight is 275 g/mol. The molecule has 0 spiro atoms. The Balaban J connectivity index is 2.47. The summed E-state index contributed by atoms with van der Waals surface area (Å²) in [6, 6.07) is 5.61. The SMILES string of the molecule is CCOc1c(N)cccc1-c1nnnn1CC(C)(C)C. The van der Waals surface area contributed by atoms with Crippen molar-refractivity contribution in [2.45, 2.75) is 34.2 Å². The summed E-state index contributed by atoms with van der Waals surface area (Å²) >= 11 is 0. The van der Waals surface area contributed by atoms with Gasteiger partial charge in [-0.05, 0) is 34.9 Å². The van der Waals surface area contributed by atoms with Crippen LogP contribution in [0.3, 0.4) is 0 Å². The summed E-state index contributed by atoms with van der Waals surface area (Å²) in [6.07, 6.45) is 0. The first-order valence-corrected chi connectivity index (χ1v) is 6.70. The first kappa shape index (κ1) is 14.3. The van der Waals surface area contributed by atoms with E-state index in [-0.39, 0.29) is 5.41 Å². The van der Waals surface area contributed by atoms with Gasteiger partial charge in [-0.25, -0.2) is 4.68 Å². The van der Waals surface area contributed by atoms with Crippen LogP contribution < -0.4 is 10.5 Å². The van der Waals surface area contributed by atoms with E-state index < -0.39 is 0 Å². The lowest BCUT2D eigenvalue weighted by atomic mass is 9.97. The lowest BCUT2D eigenvalue weighted by molar-refractivity contribution is 0.321. The highest BCUT2D eigenvalue weighted by Gasteiger charge is 2.20. The molecular weight excluding hydrogens is 254 g/mol. The Morgan fingerprint density at radius 3 is 2.70 bits per heavy atom. The molecule has 2 N–H and O–H groups in total. The lowest BCUT2D eigenvalue weighted by Gasteiger charge is -2.19. The minimum Gasteiger partial charge on any atom is -0.491 e. The van der Waals surface area contributed by atoms with Crippen LogP contribution >= 0.6 is 0 Å². The number of benzene rings is 1. The number of para-hydroxylation sites is 1. The minimum atomic E-state index is 0.0796. The number of nitrogen functional groups attached to an aromatic ring is 1. The molecule has 0 radical (unpaired) electrons. The highest BCUT2D eigenvalue weighted by molar-refractivity contribution is 5.73. The zero-order valence-corrected chi connectivity index (χ0v) is 12.4. The van der Waals surface area contributed by atoms with Crippen molar-refractivity contribution in [1.82, 2.24) is 20.2 Å². The number of rotatable bonds is 4. The Morgan fingerprint density at radius 1 is 1.30 bits per heavy atom. The second kappa shape index (κ2) is 5.48. The molecule has 1 aromatic carbocycles. The summed E-state index contributed by atoms with van der Waals surface area (Å²) < 4.78 is 7.43. The van der Waals surface area contributed by atoms with E-state index in [4.69, 9.17) is 10.5 Å². The summed E-state index contributed by atoms with van der Waals surface area (Å²) in [4.78, 5) is 0. The number of ether oxygens (including phenoxy) is 1. The molecule has 0 unspecified atom stereocenters. The van der Waals surface area contributed by atoms with Crippen LogP contribution in [0.5, 0.6) is 5.75 Å². The summed E-state index contributed by atoms with van der Waals surface area (Å²) in [6.45, 7) is 9.61. The van der Waals surface area contributed by atoms with Crippen molar-refractivity contribution in [3.8, 4) is 17.1 Å². The third-order valence-corrected chi connectivity index (χ3v) is 2.73. The smallest absolute Gasteiger partial charge is 0.185 e. The highest BCUT2D eigenvalue weighted by atomic mass is 16.5. The Bertz CT molecular complexity index is 585. The van der Waals surface area contributed by atoms with Crippen LogP contribution in [0.1, 0.15) is 27.7 Å². The van der Waals surface area contributed by atoms with Gasteiger partial charge in [-0.3, -0.25) is 0 Å². The maximum Gasteiger partial charge on any atom is 0.185 e. The molecule has 0 saturated carbocycles. The maximum atomic E-state index is 5.99. The second-order valence-electron chi connectivity index (χ2n) is 5.88. The summed E-state index contributed by atoms with van der Waals surface area (Å²) in [7, 11) is 0. The molecule has 20 heavy (non-hydrogen) atoms. The van der Waals surface area contributed by atoms with Gasteiger partial charge in [-0.15, -0.1) is 5.10 Å². The summed E-state index contributed by atoms with van der Waals surface area (Å²) in [5.41, 5.74) is 7.48. The molecule has 0 fully saturated rings. The molecule has 0 amide bonds. The van der Waals surface area contributed by atoms with Gasteiger partial charge in [0.25, 0.3) is 0 Å². The van der Waals surface area contributed by atoms with E-state index >= 15 is 0 Å². The zero-order valence-electron chi connectivity index (χ0n) is 12.4. The summed E-state index contributed by atoms with van der Waals surface area (Å²) in [5.74, 6) is 1.32. The van der Waals surface area contributed by atoms with Gasteiger partial charge < -0.3 is 10.5 Å². The third-order valence-electron chi connectivity index (χ3n) is 2.73. The predicted molar refractivity (Wildman–Crippen MR) is 78.3 cm³/mol. The Hall–Kier alpha value is -2.11. The van der Waals surface area contributed by atoms with E-state index in [1.807, 2.05) is 25.1 Å². The fourth-order valence-electron chi connectivity index (χ4n) is 1.99. The maximum absolute atomic E-state index is 5.99. The summed E-state index contributed by atoms with van der Waals surface area (Å²) in [5, 5.41) is 12.0. The van der Waals surface area contributed by atoms with Crippen LogP contribution in [0.25, 0.3) is 11.4 Å². The van der Waals surface area contributed by atoms with Crippen LogP contribution in [0, 0.1) is 5.41 Å². The van der Waals surface area contributed by atoms with Crippen molar-refractivity contribution < 1.29 is 4.74 Å². The average Bonchev–Trinajstić information content (AvgIpc) is 2.77. The number of anilines is 1. The number of nitrogens with two attached hydrogens (primary N) is 1. The molecule has 2 rings (SSSR count). The van der Waals surface area contributed by atoms with Crippen molar-refractivity contribution in [3.05, 3.63) is 18.2 Å². The van der Waals surface area contributed by atoms with Crippen molar-refractivity contribution in [2.24, 2.45) is 5.41 Å². The van der Waals surface area contributed by atoms with Gasteiger partial charge in [0.05, 0.1) is 17.9 Å². The van der Waals surface area contributed by atoms with E-state index in [1.54, 1.807) is 4.68 Å². The normalized spacial score (nSPS) is 11.6. The molecule has 1 heterocycles. The number of aromatic nitrogens is 4. The van der Waals surface area contributed by atoms with Gasteiger partial charge in [0.15, 0.2) is 11.6 Å². The number of hydrogen-bond donors (Lipinski definition) is 1. The highest BCUT2D eigenvalue weighted by Crippen LogP contribution is 2.34. The van der Waals surface area contributed by atoms with E-state index in [0.29, 0.717) is 23.9 Å². The van der Waals surface area contributed by atoms with Crippen molar-refractivity contribution in [2.75, 3.05) is 12.3 Å². The van der Waals surface area contributed by atoms with Crippen molar-refractivity contribution in [3.63, 3.8) is 0 Å². The number of hydrogen-bond acceptors (Lipinski definition) is 5. The van der Waals surface area contributed by atoms with Gasteiger partial charge in [-0.1, -0.05) is 26.8 Å². The van der Waals surface area contributed by atoms with Crippen LogP contribution in [-0.2, 0) is 6.54 Å². The van der Waals surface area contributed by atoms with E-state index in [1.165, 1.54) is 0 Å². The van der Waals surface area contributed by atoms with Gasteiger partial charge in [0.2, 0.25) is 0 Å². The third kappa shape index (κ3) is 3.07. The van der Waals surface area contributed by atoms with E-state index in [2.05, 4.69) is 36.3 Å². The van der Waals surface area contributed by atoms with Gasteiger partial charge in [0, 0.05) is 6.54 Å². The number of nitrogens with zero attached hydrogens (tertiary/aromatic N) is 4. The molecule has 0 aliphatic rings. The minimum absolute atomic E-state index is 0.0796. The van der Waals surface area contributed by atoms with Gasteiger partial charge in [0.1, 0.15) is 0 Å². The molecule has 0 saturated heterocycles. The molecule has 6 heteroatoms. The molecule has 108 valence electrons. The van der Waals surface area contributed by atoms with Crippen LogP contribution in [-0.4, -0.2) is 26.8 Å². The van der Waals surface area contributed by atoms with E-state index in [9.17, 15) is 0 Å². The second-order valence-corrected chi connectivity index (χ2v) is 5.88. The van der Waals surface area contributed by atoms with Crippen molar-refractivity contribution >= 4 is 5.69 Å². The fraction of sp³-hybridized carbons (Fsp3) is 0.500. The predicted octanol–water partition coefficient (Wildman–Crippen LogP) is 2.37. The standard InChI is InChI=1S/C14H21N5O/c1-5-20-12-10(7-6-8-11(12)15)13-16-17-18-19(13)9-14(2,3)4/h6-8H,5,9,15H2,1-4H3. The Morgan fingerprint density at radius 2 is 2.05 bits per heavy atom. The molecule has 6 nitrogen and oxygen atoms in total. The zero-order chi connectivity index (χ0) is 14.8. The van der Waals surface area contributed by atoms with Crippen LogP contribution in [0.15, 0.2) is 18.2 Å². The molecule has 0 bridgehead atoms. The van der Waals surface area contributed by atoms with E-state index in [0.717, 1.165) is 12.1 Å². The van der Waals surface area contributed by atoms with Crippen LogP contribution in [0.2, 0.25) is 0 Å². The van der Waals surface area contributed by atoms with Crippen LogP contribution in [0.4, 0.5) is 5.69 Å². The monoisotopic (exact) mass is 275 g/mol. The van der Waals surface area contributed by atoms with Crippen molar-refractivity contribution in [1.29, 1.82) is 0 Å². The first-order chi connectivity index (χ1) is 9.42. The molecule has 0 aliphatic heterocycles. The molecule has 2 aromatic rings. The Labute approximate surface area is 118 Å². The van der Waals surface area contributed by atoms with Gasteiger partial charge >= 0.3 is 0 Å². The van der Waals surface area contributed by atoms with Gasteiger partial charge in [-0.2, -0.15) is 0 Å².